The normalized spacial score (nSPS) is 11.5. The lowest BCUT2D eigenvalue weighted by Gasteiger charge is -2.23. The third kappa shape index (κ3) is 6.21. The molecule has 1 amide bonds. The smallest absolute Gasteiger partial charge is 0.255 e. The van der Waals surface area contributed by atoms with Gasteiger partial charge in [0.05, 0.1) is 27.0 Å². The molecule has 0 aromatic heterocycles. The van der Waals surface area contributed by atoms with Gasteiger partial charge in [0.15, 0.2) is 0 Å². The summed E-state index contributed by atoms with van der Waals surface area (Å²) in [6.07, 6.45) is 1.44. The number of hydrogen-bond donors (Lipinski definition) is 1. The summed E-state index contributed by atoms with van der Waals surface area (Å²) in [4.78, 5) is 12.7. The summed E-state index contributed by atoms with van der Waals surface area (Å²) in [6, 6.07) is 21.1. The number of para-hydroxylation sites is 1. The number of benzene rings is 3. The van der Waals surface area contributed by atoms with E-state index in [1.165, 1.54) is 26.5 Å². The van der Waals surface area contributed by atoms with E-state index >= 15 is 0 Å². The summed E-state index contributed by atoms with van der Waals surface area (Å²) in [7, 11) is -1.13. The first-order chi connectivity index (χ1) is 16.3. The summed E-state index contributed by atoms with van der Waals surface area (Å²) >= 11 is 0. The van der Waals surface area contributed by atoms with Gasteiger partial charge in [0.2, 0.25) is 10.0 Å². The first-order valence-electron chi connectivity index (χ1n) is 10.5. The molecular formula is C25H27N3O5S. The lowest BCUT2D eigenvalue weighted by atomic mass is 10.2. The van der Waals surface area contributed by atoms with Crippen molar-refractivity contribution >= 4 is 22.1 Å². The number of nitrogens with one attached hydrogen (secondary N) is 1. The molecule has 178 valence electrons. The quantitative estimate of drug-likeness (QED) is 0.354. The fraction of sp³-hybridized carbons (Fsp3) is 0.200. The predicted octanol–water partition coefficient (Wildman–Crippen LogP) is 3.35. The Morgan fingerprint density at radius 3 is 2.35 bits per heavy atom. The van der Waals surface area contributed by atoms with Crippen LogP contribution in [0.4, 0.5) is 0 Å². The molecule has 0 aliphatic carbocycles. The van der Waals surface area contributed by atoms with Crippen LogP contribution < -0.4 is 14.9 Å². The molecule has 0 aliphatic rings. The Kier molecular flexibility index (Phi) is 8.39. The highest BCUT2D eigenvalue weighted by atomic mass is 32.2. The molecule has 0 radical (unpaired) electrons. The van der Waals surface area contributed by atoms with Gasteiger partial charge in [-0.1, -0.05) is 48.5 Å². The van der Waals surface area contributed by atoms with Gasteiger partial charge in [-0.25, -0.2) is 13.8 Å². The van der Waals surface area contributed by atoms with Crippen LogP contribution in [-0.4, -0.2) is 45.6 Å². The monoisotopic (exact) mass is 481 g/mol. The molecule has 9 heteroatoms. The molecule has 0 bridgehead atoms. The summed E-state index contributed by atoms with van der Waals surface area (Å²) < 4.78 is 38.8. The van der Waals surface area contributed by atoms with Crippen molar-refractivity contribution in [2.75, 3.05) is 20.8 Å². The minimum Gasteiger partial charge on any atom is -0.496 e. The summed E-state index contributed by atoms with van der Waals surface area (Å²) in [5, 5.41) is 3.96. The minimum atomic E-state index is -4.07. The second-order valence-corrected chi connectivity index (χ2v) is 9.35. The number of amides is 1. The molecule has 3 aromatic carbocycles. The summed E-state index contributed by atoms with van der Waals surface area (Å²) in [6.45, 7) is 1.36. The molecule has 0 heterocycles. The molecule has 34 heavy (non-hydrogen) atoms. The standard InChI is InChI=1S/C25H27N3O5S/c1-19-13-14-23(33-3)24(15-19)34(30,31)28(17-20-9-5-4-6-10-20)18-25(29)27-26-16-21-11-7-8-12-22(21)32-2/h4-16H,17-18H2,1-3H3,(H,27,29). The second kappa shape index (κ2) is 11.4. The number of hydrogen-bond acceptors (Lipinski definition) is 6. The Labute approximate surface area is 199 Å². The Morgan fingerprint density at radius 1 is 0.971 bits per heavy atom. The number of sulfonamides is 1. The van der Waals surface area contributed by atoms with Gasteiger partial charge < -0.3 is 9.47 Å². The van der Waals surface area contributed by atoms with Gasteiger partial charge in [-0.2, -0.15) is 9.41 Å². The maximum absolute atomic E-state index is 13.6. The topological polar surface area (TPSA) is 97.3 Å². The van der Waals surface area contributed by atoms with Crippen LogP contribution in [0.3, 0.4) is 0 Å². The van der Waals surface area contributed by atoms with Crippen LogP contribution in [0.15, 0.2) is 82.8 Å². The van der Waals surface area contributed by atoms with Crippen LogP contribution in [0, 0.1) is 6.92 Å². The Morgan fingerprint density at radius 2 is 1.65 bits per heavy atom. The highest BCUT2D eigenvalue weighted by Gasteiger charge is 2.30. The van der Waals surface area contributed by atoms with E-state index in [1.54, 1.807) is 43.3 Å². The lowest BCUT2D eigenvalue weighted by Crippen LogP contribution is -2.39. The first-order valence-corrected chi connectivity index (χ1v) is 11.9. The first kappa shape index (κ1) is 24.9. The number of nitrogens with zero attached hydrogens (tertiary/aromatic N) is 2. The largest absolute Gasteiger partial charge is 0.496 e. The fourth-order valence-corrected chi connectivity index (χ4v) is 4.90. The van der Waals surface area contributed by atoms with Crippen LogP contribution in [0.5, 0.6) is 11.5 Å². The molecule has 0 fully saturated rings. The number of rotatable bonds is 10. The van der Waals surface area contributed by atoms with Gasteiger partial charge >= 0.3 is 0 Å². The van der Waals surface area contributed by atoms with Gasteiger partial charge in [0, 0.05) is 12.1 Å². The zero-order valence-corrected chi connectivity index (χ0v) is 20.1. The van der Waals surface area contributed by atoms with Crippen molar-refractivity contribution in [3.63, 3.8) is 0 Å². The zero-order valence-electron chi connectivity index (χ0n) is 19.3. The van der Waals surface area contributed by atoms with Crippen LogP contribution in [0.25, 0.3) is 0 Å². The third-order valence-electron chi connectivity index (χ3n) is 4.99. The summed E-state index contributed by atoms with van der Waals surface area (Å²) in [5.74, 6) is 0.218. The van der Waals surface area contributed by atoms with E-state index in [0.717, 1.165) is 15.4 Å². The van der Waals surface area contributed by atoms with Crippen molar-refractivity contribution in [2.45, 2.75) is 18.4 Å². The molecule has 0 atom stereocenters. The van der Waals surface area contributed by atoms with Crippen molar-refractivity contribution in [3.05, 3.63) is 89.5 Å². The average molecular weight is 482 g/mol. The average Bonchev–Trinajstić information content (AvgIpc) is 2.84. The lowest BCUT2D eigenvalue weighted by molar-refractivity contribution is -0.121. The molecular weight excluding hydrogens is 454 g/mol. The number of hydrazone groups is 1. The van der Waals surface area contributed by atoms with E-state index in [2.05, 4.69) is 10.5 Å². The van der Waals surface area contributed by atoms with Gasteiger partial charge in [-0.3, -0.25) is 4.79 Å². The maximum Gasteiger partial charge on any atom is 0.255 e. The molecule has 3 rings (SSSR count). The van der Waals surface area contributed by atoms with E-state index in [1.807, 2.05) is 30.3 Å². The van der Waals surface area contributed by atoms with Crippen molar-refractivity contribution in [3.8, 4) is 11.5 Å². The van der Waals surface area contributed by atoms with E-state index in [4.69, 9.17) is 9.47 Å². The molecule has 0 aliphatic heterocycles. The SMILES string of the molecule is COc1ccccc1C=NNC(=O)CN(Cc1ccccc1)S(=O)(=O)c1cc(C)ccc1OC. The molecule has 8 nitrogen and oxygen atoms in total. The molecule has 3 aromatic rings. The van der Waals surface area contributed by atoms with Crippen LogP contribution >= 0.6 is 0 Å². The molecule has 1 N–H and O–H groups in total. The van der Waals surface area contributed by atoms with Gasteiger partial charge in [0.25, 0.3) is 5.91 Å². The van der Waals surface area contributed by atoms with Crippen molar-refractivity contribution in [2.24, 2.45) is 5.10 Å². The van der Waals surface area contributed by atoms with Crippen LogP contribution in [0.1, 0.15) is 16.7 Å². The van der Waals surface area contributed by atoms with Gasteiger partial charge in [-0.15, -0.1) is 0 Å². The highest BCUT2D eigenvalue weighted by molar-refractivity contribution is 7.89. The number of methoxy groups -OCH3 is 2. The van der Waals surface area contributed by atoms with Crippen molar-refractivity contribution in [1.82, 2.24) is 9.73 Å². The molecule has 0 spiro atoms. The van der Waals surface area contributed by atoms with E-state index in [9.17, 15) is 13.2 Å². The van der Waals surface area contributed by atoms with Crippen molar-refractivity contribution < 1.29 is 22.7 Å². The van der Waals surface area contributed by atoms with E-state index in [-0.39, 0.29) is 17.2 Å². The predicted molar refractivity (Wildman–Crippen MR) is 130 cm³/mol. The van der Waals surface area contributed by atoms with E-state index in [0.29, 0.717) is 11.3 Å². The summed E-state index contributed by atoms with van der Waals surface area (Å²) in [5.41, 5.74) is 4.56. The maximum atomic E-state index is 13.6. The molecule has 0 unspecified atom stereocenters. The number of aryl methyl sites for hydroxylation is 1. The highest BCUT2D eigenvalue weighted by Crippen LogP contribution is 2.28. The Bertz CT molecular complexity index is 1260. The van der Waals surface area contributed by atoms with Gasteiger partial charge in [0.1, 0.15) is 16.4 Å². The Balaban J connectivity index is 1.85. The fourth-order valence-electron chi connectivity index (χ4n) is 3.28. The molecule has 0 saturated carbocycles. The molecule has 0 saturated heterocycles. The van der Waals surface area contributed by atoms with Crippen LogP contribution in [-0.2, 0) is 21.4 Å². The van der Waals surface area contributed by atoms with E-state index < -0.39 is 22.5 Å². The number of carbonyl (C=O) groups is 1. The Hall–Kier alpha value is -3.69. The second-order valence-electron chi connectivity index (χ2n) is 7.45. The zero-order chi connectivity index (χ0) is 24.6. The van der Waals surface area contributed by atoms with Crippen LogP contribution in [0.2, 0.25) is 0 Å². The number of ether oxygens (including phenoxy) is 2. The van der Waals surface area contributed by atoms with Crippen molar-refractivity contribution in [1.29, 1.82) is 0 Å². The number of carbonyl (C=O) groups excluding carboxylic acids is 1. The minimum absolute atomic E-state index is 0.00347. The third-order valence-corrected chi connectivity index (χ3v) is 6.80. The van der Waals surface area contributed by atoms with Gasteiger partial charge in [-0.05, 0) is 42.3 Å².